The van der Waals surface area contributed by atoms with E-state index in [9.17, 15) is 8.42 Å². The van der Waals surface area contributed by atoms with Gasteiger partial charge in [-0.15, -0.1) is 0 Å². The van der Waals surface area contributed by atoms with Gasteiger partial charge in [-0.1, -0.05) is 39.3 Å². The van der Waals surface area contributed by atoms with Gasteiger partial charge in [0.05, 0.1) is 0 Å². The third-order valence-electron chi connectivity index (χ3n) is 5.08. The molecule has 0 saturated heterocycles. The van der Waals surface area contributed by atoms with Crippen LogP contribution in [-0.4, -0.2) is 29.6 Å². The second-order valence-corrected chi connectivity index (χ2v) is 9.71. The molecule has 30 heavy (non-hydrogen) atoms. The number of nitrogens with zero attached hydrogens (tertiary/aromatic N) is 3. The zero-order valence-electron chi connectivity index (χ0n) is 17.8. The van der Waals surface area contributed by atoms with Crippen molar-refractivity contribution in [1.29, 1.82) is 0 Å². The van der Waals surface area contributed by atoms with Crippen LogP contribution in [0.3, 0.4) is 0 Å². The van der Waals surface area contributed by atoms with Gasteiger partial charge in [0.1, 0.15) is 18.2 Å². The molecule has 0 radical (unpaired) electrons. The fourth-order valence-electron chi connectivity index (χ4n) is 3.08. The van der Waals surface area contributed by atoms with Crippen molar-refractivity contribution in [3.63, 3.8) is 0 Å². The molecule has 160 valence electrons. The van der Waals surface area contributed by atoms with Crippen molar-refractivity contribution in [3.05, 3.63) is 65.8 Å². The molecule has 0 aliphatic heterocycles. The minimum absolute atomic E-state index is 0.0157. The zero-order valence-corrected chi connectivity index (χ0v) is 18.6. The van der Waals surface area contributed by atoms with Crippen LogP contribution in [0, 0.1) is 0 Å². The molecule has 0 fully saturated rings. The fourth-order valence-corrected chi connectivity index (χ4v) is 3.84. The Bertz CT molecular complexity index is 1070. The Morgan fingerprint density at radius 1 is 1.03 bits per heavy atom. The summed E-state index contributed by atoms with van der Waals surface area (Å²) in [6.07, 6.45) is 9.11. The second kappa shape index (κ2) is 8.95. The predicted molar refractivity (Wildman–Crippen MR) is 113 cm³/mol. The van der Waals surface area contributed by atoms with E-state index in [4.69, 9.17) is 9.15 Å². The molecule has 3 aromatic rings. The Kier molecular flexibility index (Phi) is 6.55. The Morgan fingerprint density at radius 2 is 1.70 bits per heavy atom. The van der Waals surface area contributed by atoms with E-state index in [0.717, 1.165) is 48.9 Å². The molecular weight excluding hydrogens is 402 g/mol. The molecule has 3 rings (SSSR count). The SMILES string of the molecule is CCCCc1ncc(C(C)(C)c2ccc(OCc3ocnc3S(C)(=O)=O)cc2)cn1. The van der Waals surface area contributed by atoms with Crippen LogP contribution >= 0.6 is 0 Å². The van der Waals surface area contributed by atoms with Crippen molar-refractivity contribution in [2.45, 2.75) is 57.1 Å². The van der Waals surface area contributed by atoms with Gasteiger partial charge in [-0.05, 0) is 29.7 Å². The average Bonchev–Trinajstić information content (AvgIpc) is 3.21. The van der Waals surface area contributed by atoms with Gasteiger partial charge in [-0.3, -0.25) is 0 Å². The molecular formula is C22H27N3O4S. The maximum absolute atomic E-state index is 11.7. The molecule has 0 spiro atoms. The molecule has 0 amide bonds. The van der Waals surface area contributed by atoms with Gasteiger partial charge in [0.25, 0.3) is 0 Å². The third kappa shape index (κ3) is 5.05. The Hall–Kier alpha value is -2.74. The lowest BCUT2D eigenvalue weighted by molar-refractivity contribution is 0.265. The van der Waals surface area contributed by atoms with Crippen LogP contribution in [0.4, 0.5) is 0 Å². The summed E-state index contributed by atoms with van der Waals surface area (Å²) < 4.78 is 34.2. The third-order valence-corrected chi connectivity index (χ3v) is 6.12. The van der Waals surface area contributed by atoms with E-state index in [1.807, 2.05) is 36.7 Å². The van der Waals surface area contributed by atoms with E-state index in [-0.39, 0.29) is 22.8 Å². The first kappa shape index (κ1) is 22.0. The van der Waals surface area contributed by atoms with Crippen molar-refractivity contribution < 1.29 is 17.6 Å². The van der Waals surface area contributed by atoms with Gasteiger partial charge in [0.2, 0.25) is 0 Å². The lowest BCUT2D eigenvalue weighted by atomic mass is 9.79. The Labute approximate surface area is 177 Å². The summed E-state index contributed by atoms with van der Waals surface area (Å²) in [6, 6.07) is 7.67. The number of hydrogen-bond donors (Lipinski definition) is 0. The van der Waals surface area contributed by atoms with E-state index in [2.05, 4.69) is 35.7 Å². The smallest absolute Gasteiger partial charge is 0.200 e. The van der Waals surface area contributed by atoms with Crippen molar-refractivity contribution in [1.82, 2.24) is 15.0 Å². The van der Waals surface area contributed by atoms with E-state index < -0.39 is 9.84 Å². The monoisotopic (exact) mass is 429 g/mol. The summed E-state index contributed by atoms with van der Waals surface area (Å²) in [7, 11) is -3.46. The largest absolute Gasteiger partial charge is 0.486 e. The molecule has 0 aliphatic carbocycles. The zero-order chi connectivity index (χ0) is 21.8. The topological polar surface area (TPSA) is 95.2 Å². The molecule has 1 aromatic carbocycles. The maximum atomic E-state index is 11.7. The highest BCUT2D eigenvalue weighted by Crippen LogP contribution is 2.32. The molecule has 0 aliphatic rings. The van der Waals surface area contributed by atoms with E-state index in [0.29, 0.717) is 5.75 Å². The van der Waals surface area contributed by atoms with Gasteiger partial charge < -0.3 is 9.15 Å². The molecule has 8 heteroatoms. The number of ether oxygens (including phenoxy) is 1. The summed E-state index contributed by atoms with van der Waals surface area (Å²) in [5, 5.41) is -0.0948. The van der Waals surface area contributed by atoms with Crippen LogP contribution in [0.2, 0.25) is 0 Å². The van der Waals surface area contributed by atoms with Gasteiger partial charge in [0.15, 0.2) is 27.0 Å². The summed E-state index contributed by atoms with van der Waals surface area (Å²) in [5.41, 5.74) is 1.86. The van der Waals surface area contributed by atoms with E-state index in [1.165, 1.54) is 0 Å². The maximum Gasteiger partial charge on any atom is 0.200 e. The van der Waals surface area contributed by atoms with Crippen LogP contribution in [0.15, 0.2) is 52.5 Å². The first-order chi connectivity index (χ1) is 14.2. The minimum Gasteiger partial charge on any atom is -0.486 e. The normalized spacial score (nSPS) is 12.1. The van der Waals surface area contributed by atoms with Gasteiger partial charge >= 0.3 is 0 Å². The van der Waals surface area contributed by atoms with Gasteiger partial charge in [-0.2, -0.15) is 0 Å². The summed E-state index contributed by atoms with van der Waals surface area (Å²) in [4.78, 5) is 12.8. The first-order valence-corrected chi connectivity index (χ1v) is 11.8. The van der Waals surface area contributed by atoms with Crippen LogP contribution in [0.1, 0.15) is 56.3 Å². The summed E-state index contributed by atoms with van der Waals surface area (Å²) in [6.45, 7) is 6.39. The lowest BCUT2D eigenvalue weighted by Crippen LogP contribution is -2.19. The van der Waals surface area contributed by atoms with Crippen molar-refractivity contribution in [2.24, 2.45) is 0 Å². The molecule has 2 aromatic heterocycles. The minimum atomic E-state index is -3.46. The molecule has 0 saturated carbocycles. The molecule has 0 unspecified atom stereocenters. The number of unbranched alkanes of at least 4 members (excludes halogenated alkanes) is 1. The fraction of sp³-hybridized carbons (Fsp3) is 0.409. The quantitative estimate of drug-likeness (QED) is 0.505. The lowest BCUT2D eigenvalue weighted by Gasteiger charge is -2.25. The van der Waals surface area contributed by atoms with Crippen LogP contribution in [0.25, 0.3) is 0 Å². The number of sulfone groups is 1. The van der Waals surface area contributed by atoms with Crippen molar-refractivity contribution in [3.8, 4) is 5.75 Å². The summed E-state index contributed by atoms with van der Waals surface area (Å²) >= 11 is 0. The number of aryl methyl sites for hydroxylation is 1. The highest BCUT2D eigenvalue weighted by Gasteiger charge is 2.24. The highest BCUT2D eigenvalue weighted by atomic mass is 32.2. The summed E-state index contributed by atoms with van der Waals surface area (Å²) in [5.74, 6) is 1.67. The number of oxazole rings is 1. The molecule has 0 N–H and O–H groups in total. The molecule has 2 heterocycles. The van der Waals surface area contributed by atoms with Crippen LogP contribution in [0.5, 0.6) is 5.75 Å². The number of rotatable bonds is 9. The predicted octanol–water partition coefficient (Wildman–Crippen LogP) is 4.12. The molecule has 7 nitrogen and oxygen atoms in total. The number of benzene rings is 1. The van der Waals surface area contributed by atoms with Crippen LogP contribution < -0.4 is 4.74 Å². The Morgan fingerprint density at radius 3 is 2.30 bits per heavy atom. The molecule has 0 atom stereocenters. The Balaban J connectivity index is 1.69. The second-order valence-electron chi connectivity index (χ2n) is 7.78. The van der Waals surface area contributed by atoms with Gasteiger partial charge in [-0.25, -0.2) is 23.4 Å². The van der Waals surface area contributed by atoms with Crippen molar-refractivity contribution >= 4 is 9.84 Å². The van der Waals surface area contributed by atoms with Crippen LogP contribution in [-0.2, 0) is 28.3 Å². The number of hydrogen-bond acceptors (Lipinski definition) is 7. The average molecular weight is 430 g/mol. The highest BCUT2D eigenvalue weighted by molar-refractivity contribution is 7.90. The first-order valence-electron chi connectivity index (χ1n) is 9.89. The molecule has 0 bridgehead atoms. The van der Waals surface area contributed by atoms with Crippen molar-refractivity contribution in [2.75, 3.05) is 6.26 Å². The van der Waals surface area contributed by atoms with Gasteiger partial charge in [0, 0.05) is 30.5 Å². The van der Waals surface area contributed by atoms with E-state index in [1.54, 1.807) is 0 Å². The standard InChI is InChI=1S/C22H27N3O4S/c1-5-6-7-20-23-12-17(13-24-20)22(2,3)16-8-10-18(11-9-16)28-14-19-21(25-15-29-19)30(4,26)27/h8-13,15H,5-7,14H2,1-4H3. The number of aromatic nitrogens is 3. The van der Waals surface area contributed by atoms with E-state index >= 15 is 0 Å².